The van der Waals surface area contributed by atoms with Gasteiger partial charge >= 0.3 is 0 Å². The number of rotatable bonds is 4. The van der Waals surface area contributed by atoms with E-state index in [4.69, 9.17) is 12.2 Å². The largest absolute Gasteiger partial charge is 0.342 e. The van der Waals surface area contributed by atoms with Gasteiger partial charge in [-0.3, -0.25) is 0 Å². The number of hydrogen-bond acceptors (Lipinski definition) is 3. The van der Waals surface area contributed by atoms with Gasteiger partial charge in [0.25, 0.3) is 0 Å². The van der Waals surface area contributed by atoms with Gasteiger partial charge in [-0.2, -0.15) is 0 Å². The first kappa shape index (κ1) is 17.2. The van der Waals surface area contributed by atoms with E-state index in [2.05, 4.69) is 24.1 Å². The predicted octanol–water partition coefficient (Wildman–Crippen LogP) is 2.98. The molecule has 1 saturated heterocycles. The first-order chi connectivity index (χ1) is 10.3. The van der Waals surface area contributed by atoms with Crippen molar-refractivity contribution in [1.29, 1.82) is 0 Å². The normalized spacial score (nSPS) is 21.3. The summed E-state index contributed by atoms with van der Waals surface area (Å²) in [5, 5.41) is 3.86. The number of aryl methyl sites for hydroxylation is 1. The fourth-order valence-corrected chi connectivity index (χ4v) is 4.90. The van der Waals surface area contributed by atoms with E-state index in [0.29, 0.717) is 11.5 Å². The molecule has 0 aliphatic carbocycles. The maximum atomic E-state index is 11.8. The maximum absolute atomic E-state index is 11.8. The molecule has 1 N–H and O–H groups in total. The molecule has 6 heteroatoms. The number of nitrogens with zero attached hydrogens (tertiary/aromatic N) is 1. The van der Waals surface area contributed by atoms with Gasteiger partial charge in [-0.1, -0.05) is 24.6 Å². The van der Waals surface area contributed by atoms with E-state index >= 15 is 0 Å². The van der Waals surface area contributed by atoms with Crippen molar-refractivity contribution in [2.24, 2.45) is 0 Å². The molecule has 0 spiro atoms. The van der Waals surface area contributed by atoms with Crippen LogP contribution in [-0.2, 0) is 9.84 Å². The van der Waals surface area contributed by atoms with Gasteiger partial charge < -0.3 is 10.2 Å². The second kappa shape index (κ2) is 6.96. The number of anilines is 1. The minimum atomic E-state index is -2.92. The van der Waals surface area contributed by atoms with Crippen molar-refractivity contribution >= 4 is 32.9 Å². The first-order valence-corrected chi connectivity index (χ1v) is 9.91. The van der Waals surface area contributed by atoms with Crippen molar-refractivity contribution in [1.82, 2.24) is 4.90 Å². The molecule has 0 aromatic heterocycles. The van der Waals surface area contributed by atoms with Crippen molar-refractivity contribution in [3.8, 4) is 0 Å². The Morgan fingerprint density at radius 2 is 2.05 bits per heavy atom. The lowest BCUT2D eigenvalue weighted by Gasteiger charge is -2.36. The summed E-state index contributed by atoms with van der Waals surface area (Å²) in [5.74, 6) is 0.463. The van der Waals surface area contributed by atoms with Crippen LogP contribution in [0.15, 0.2) is 24.3 Å². The third-order valence-electron chi connectivity index (χ3n) is 4.20. The fourth-order valence-electron chi connectivity index (χ4n) is 2.74. The van der Waals surface area contributed by atoms with Crippen molar-refractivity contribution < 1.29 is 8.42 Å². The molecule has 1 aromatic carbocycles. The molecule has 0 saturated carbocycles. The van der Waals surface area contributed by atoms with E-state index in [9.17, 15) is 8.42 Å². The Balaban J connectivity index is 2.15. The number of sulfone groups is 1. The number of hydrogen-bond donors (Lipinski definition) is 1. The zero-order valence-electron chi connectivity index (χ0n) is 13.4. The van der Waals surface area contributed by atoms with E-state index in [-0.39, 0.29) is 23.6 Å². The lowest BCUT2D eigenvalue weighted by atomic mass is 10.1. The molecule has 1 fully saturated rings. The Morgan fingerprint density at radius 3 is 2.55 bits per heavy atom. The van der Waals surface area contributed by atoms with E-state index in [0.717, 1.165) is 12.1 Å². The Morgan fingerprint density at radius 1 is 1.41 bits per heavy atom. The first-order valence-electron chi connectivity index (χ1n) is 7.69. The van der Waals surface area contributed by atoms with Gasteiger partial charge in [0.05, 0.1) is 11.5 Å². The van der Waals surface area contributed by atoms with Crippen molar-refractivity contribution in [2.45, 2.75) is 45.7 Å². The Hall–Kier alpha value is -1.14. The highest BCUT2D eigenvalue weighted by molar-refractivity contribution is 7.91. The van der Waals surface area contributed by atoms with Crippen LogP contribution >= 0.6 is 12.2 Å². The van der Waals surface area contributed by atoms with Crippen LogP contribution in [0, 0.1) is 6.92 Å². The van der Waals surface area contributed by atoms with Crippen molar-refractivity contribution in [2.75, 3.05) is 16.8 Å². The summed E-state index contributed by atoms with van der Waals surface area (Å²) in [6, 6.07) is 8.22. The smallest absolute Gasteiger partial charge is 0.173 e. The lowest BCUT2D eigenvalue weighted by molar-refractivity contribution is 0.264. The second-order valence-corrected chi connectivity index (χ2v) is 8.63. The average molecular weight is 341 g/mol. The number of thiocarbonyl (C=S) groups is 1. The van der Waals surface area contributed by atoms with Crippen LogP contribution < -0.4 is 5.32 Å². The van der Waals surface area contributed by atoms with E-state index in [1.54, 1.807) is 0 Å². The fraction of sp³-hybridized carbons (Fsp3) is 0.562. The third kappa shape index (κ3) is 4.20. The standard InChI is InChI=1S/C16H24N2O2S2/c1-4-13(3)18(15-9-10-22(19,20)11-15)16(21)17-14-7-5-12(2)6-8-14/h5-8,13,15H,4,9-11H2,1-3H3,(H,17,21)/t13-,15-/m0/s1. The molecule has 2 rings (SSSR count). The summed E-state index contributed by atoms with van der Waals surface area (Å²) in [6.45, 7) is 6.22. The van der Waals surface area contributed by atoms with Gasteiger partial charge in [0, 0.05) is 17.8 Å². The Labute approximate surface area is 138 Å². The molecule has 122 valence electrons. The average Bonchev–Trinajstić information content (AvgIpc) is 2.81. The molecule has 1 aromatic rings. The van der Waals surface area contributed by atoms with E-state index < -0.39 is 9.84 Å². The van der Waals surface area contributed by atoms with Gasteiger partial charge in [0.15, 0.2) is 14.9 Å². The molecular formula is C16H24N2O2S2. The van der Waals surface area contributed by atoms with E-state index in [1.807, 2.05) is 31.2 Å². The molecule has 0 amide bonds. The molecule has 0 unspecified atom stereocenters. The molecule has 22 heavy (non-hydrogen) atoms. The van der Waals surface area contributed by atoms with Gasteiger partial charge in [0.2, 0.25) is 0 Å². The molecule has 4 nitrogen and oxygen atoms in total. The highest BCUT2D eigenvalue weighted by atomic mass is 32.2. The highest BCUT2D eigenvalue weighted by Crippen LogP contribution is 2.22. The summed E-state index contributed by atoms with van der Waals surface area (Å²) < 4.78 is 23.6. The van der Waals surface area contributed by atoms with Crippen LogP contribution in [0.1, 0.15) is 32.3 Å². The summed E-state index contributed by atoms with van der Waals surface area (Å²) in [5.41, 5.74) is 2.13. The Bertz CT molecular complexity index is 626. The highest BCUT2D eigenvalue weighted by Gasteiger charge is 2.35. The SMILES string of the molecule is CC[C@H](C)N(C(=S)Nc1ccc(C)cc1)[C@H]1CCS(=O)(=O)C1. The summed E-state index contributed by atoms with van der Waals surface area (Å²) in [7, 11) is -2.92. The van der Waals surface area contributed by atoms with Crippen LogP contribution in [0.25, 0.3) is 0 Å². The van der Waals surface area contributed by atoms with Crippen LogP contribution in [0.3, 0.4) is 0 Å². The summed E-state index contributed by atoms with van der Waals surface area (Å²) in [6.07, 6.45) is 1.58. The lowest BCUT2D eigenvalue weighted by Crippen LogP contribution is -2.48. The molecule has 0 bridgehead atoms. The molecule has 2 atom stereocenters. The summed E-state index contributed by atoms with van der Waals surface area (Å²) >= 11 is 5.56. The number of benzene rings is 1. The van der Waals surface area contributed by atoms with Gasteiger partial charge in [-0.15, -0.1) is 0 Å². The second-order valence-electron chi connectivity index (χ2n) is 6.02. The van der Waals surface area contributed by atoms with Gasteiger partial charge in [-0.05, 0) is 51.0 Å². The van der Waals surface area contributed by atoms with Crippen LogP contribution in [-0.4, -0.2) is 42.0 Å². The van der Waals surface area contributed by atoms with Gasteiger partial charge in [0.1, 0.15) is 0 Å². The third-order valence-corrected chi connectivity index (χ3v) is 6.27. The molecular weight excluding hydrogens is 316 g/mol. The minimum absolute atomic E-state index is 0.0228. The van der Waals surface area contributed by atoms with Crippen molar-refractivity contribution in [3.63, 3.8) is 0 Å². The molecule has 1 heterocycles. The topological polar surface area (TPSA) is 49.4 Å². The van der Waals surface area contributed by atoms with Crippen LogP contribution in [0.5, 0.6) is 0 Å². The van der Waals surface area contributed by atoms with Crippen LogP contribution in [0.4, 0.5) is 5.69 Å². The Kier molecular flexibility index (Phi) is 5.45. The van der Waals surface area contributed by atoms with E-state index in [1.165, 1.54) is 5.56 Å². The minimum Gasteiger partial charge on any atom is -0.342 e. The predicted molar refractivity (Wildman–Crippen MR) is 96.1 cm³/mol. The molecule has 1 aliphatic heterocycles. The monoisotopic (exact) mass is 340 g/mol. The van der Waals surface area contributed by atoms with Gasteiger partial charge in [-0.25, -0.2) is 8.42 Å². The van der Waals surface area contributed by atoms with Crippen LogP contribution in [0.2, 0.25) is 0 Å². The molecule has 1 aliphatic rings. The quantitative estimate of drug-likeness (QED) is 0.854. The van der Waals surface area contributed by atoms with Crippen molar-refractivity contribution in [3.05, 3.63) is 29.8 Å². The number of nitrogens with one attached hydrogen (secondary N) is 1. The maximum Gasteiger partial charge on any atom is 0.173 e. The molecule has 0 radical (unpaired) electrons. The zero-order valence-corrected chi connectivity index (χ0v) is 15.0. The summed E-state index contributed by atoms with van der Waals surface area (Å²) in [4.78, 5) is 2.07. The zero-order chi connectivity index (χ0) is 16.3.